The zero-order valence-electron chi connectivity index (χ0n) is 10.9. The van der Waals surface area contributed by atoms with E-state index >= 15 is 0 Å². The van der Waals surface area contributed by atoms with Crippen LogP contribution in [0.5, 0.6) is 0 Å². The van der Waals surface area contributed by atoms with Gasteiger partial charge in [-0.3, -0.25) is 0 Å². The first kappa shape index (κ1) is 15.9. The summed E-state index contributed by atoms with van der Waals surface area (Å²) >= 11 is 0. The molecule has 0 aromatic rings. The summed E-state index contributed by atoms with van der Waals surface area (Å²) in [5.74, 6) is 0. The van der Waals surface area contributed by atoms with Gasteiger partial charge < -0.3 is 4.74 Å². The molecule has 0 aliphatic rings. The van der Waals surface area contributed by atoms with E-state index in [4.69, 9.17) is 4.74 Å². The molecular weight excluding hydrogens is 208 g/mol. The molecule has 0 aliphatic carbocycles. The van der Waals surface area contributed by atoms with E-state index in [1.54, 1.807) is 0 Å². The monoisotopic (exact) mass is 234 g/mol. The van der Waals surface area contributed by atoms with Crippen LogP contribution in [0, 0.1) is 0 Å². The number of unbranched alkanes of at least 4 members (excludes halogenated alkanes) is 4. The molecule has 0 aromatic carbocycles. The van der Waals surface area contributed by atoms with Crippen molar-refractivity contribution in [1.29, 1.82) is 0 Å². The van der Waals surface area contributed by atoms with E-state index in [9.17, 15) is 0 Å². The van der Waals surface area contributed by atoms with E-state index in [2.05, 4.69) is 37.5 Å². The van der Waals surface area contributed by atoms with E-state index in [0.29, 0.717) is 13.2 Å². The molecule has 0 aliphatic heterocycles. The Morgan fingerprint density at radius 3 is 1.53 bits per heavy atom. The molecule has 0 radical (unpaired) electrons. The smallest absolute Gasteiger partial charge is 0.0651 e. The molecule has 0 rings (SSSR count). The average Bonchev–Trinajstić information content (AvgIpc) is 2.35. The normalized spacial score (nSPS) is 11.3. The number of rotatable bonds is 12. The molecule has 1 heteroatoms. The highest BCUT2D eigenvalue weighted by Gasteiger charge is 1.82. The number of hydrogen-bond acceptors (Lipinski definition) is 1. The molecule has 0 spiro atoms. The van der Waals surface area contributed by atoms with Gasteiger partial charge in [-0.15, -0.1) is 13.2 Å². The average molecular weight is 234 g/mol. The maximum atomic E-state index is 5.43. The minimum Gasteiger partial charge on any atom is -0.373 e. The summed E-state index contributed by atoms with van der Waals surface area (Å²) in [5.41, 5.74) is 0. The fourth-order valence-corrected chi connectivity index (χ4v) is 1.34. The van der Waals surface area contributed by atoms with Crippen LogP contribution in [0.15, 0.2) is 49.6 Å². The van der Waals surface area contributed by atoms with Crippen LogP contribution in [-0.4, -0.2) is 13.2 Å². The summed E-state index contributed by atoms with van der Waals surface area (Å²) in [6, 6.07) is 0. The van der Waals surface area contributed by atoms with Gasteiger partial charge in [-0.2, -0.15) is 0 Å². The molecule has 0 saturated heterocycles. The zero-order valence-corrected chi connectivity index (χ0v) is 10.9. The first-order valence-electron chi connectivity index (χ1n) is 6.51. The van der Waals surface area contributed by atoms with Gasteiger partial charge in [-0.25, -0.2) is 0 Å². The van der Waals surface area contributed by atoms with Crippen LogP contribution in [0.2, 0.25) is 0 Å². The predicted molar refractivity (Wildman–Crippen MR) is 77.2 cm³/mol. The van der Waals surface area contributed by atoms with Crippen molar-refractivity contribution < 1.29 is 4.74 Å². The van der Waals surface area contributed by atoms with E-state index in [0.717, 1.165) is 25.7 Å². The van der Waals surface area contributed by atoms with Gasteiger partial charge in [-0.1, -0.05) is 36.5 Å². The van der Waals surface area contributed by atoms with Crippen molar-refractivity contribution in [1.82, 2.24) is 0 Å². The topological polar surface area (TPSA) is 9.23 Å². The van der Waals surface area contributed by atoms with Crippen molar-refractivity contribution in [3.05, 3.63) is 49.6 Å². The standard InChI is InChI=1S/C16H26O/c1-3-5-7-9-11-13-15-17-16-14-12-10-8-6-4-2/h3-4,11-14H,1-2,5-10,15-16H2/b13-11+,14-12+. The molecule has 0 bridgehead atoms. The van der Waals surface area contributed by atoms with Crippen molar-refractivity contribution in [2.45, 2.75) is 38.5 Å². The van der Waals surface area contributed by atoms with Gasteiger partial charge in [0.05, 0.1) is 13.2 Å². The van der Waals surface area contributed by atoms with Gasteiger partial charge in [0, 0.05) is 0 Å². The van der Waals surface area contributed by atoms with Gasteiger partial charge >= 0.3 is 0 Å². The summed E-state index contributed by atoms with van der Waals surface area (Å²) in [4.78, 5) is 0. The fraction of sp³-hybridized carbons (Fsp3) is 0.500. The molecule has 0 heterocycles. The van der Waals surface area contributed by atoms with Gasteiger partial charge in [0.25, 0.3) is 0 Å². The minimum atomic E-state index is 0.713. The van der Waals surface area contributed by atoms with Crippen molar-refractivity contribution in [3.63, 3.8) is 0 Å². The summed E-state index contributed by atoms with van der Waals surface area (Å²) < 4.78 is 5.43. The zero-order chi connectivity index (χ0) is 12.6. The molecule has 0 N–H and O–H groups in total. The van der Waals surface area contributed by atoms with Crippen LogP contribution in [0.3, 0.4) is 0 Å². The van der Waals surface area contributed by atoms with Crippen molar-refractivity contribution in [2.75, 3.05) is 13.2 Å². The van der Waals surface area contributed by atoms with Gasteiger partial charge in [0.2, 0.25) is 0 Å². The third kappa shape index (κ3) is 14.9. The third-order valence-electron chi connectivity index (χ3n) is 2.32. The van der Waals surface area contributed by atoms with Gasteiger partial charge in [0.15, 0.2) is 0 Å². The quantitative estimate of drug-likeness (QED) is 0.347. The highest BCUT2D eigenvalue weighted by Crippen LogP contribution is 1.97. The van der Waals surface area contributed by atoms with Gasteiger partial charge in [-0.05, 0) is 38.5 Å². The Morgan fingerprint density at radius 2 is 1.12 bits per heavy atom. The van der Waals surface area contributed by atoms with Crippen molar-refractivity contribution in [2.24, 2.45) is 0 Å². The molecule has 0 saturated carbocycles. The molecule has 0 atom stereocenters. The Bertz CT molecular complexity index is 202. The molecule has 0 unspecified atom stereocenters. The van der Waals surface area contributed by atoms with Crippen LogP contribution in [0.25, 0.3) is 0 Å². The lowest BCUT2D eigenvalue weighted by atomic mass is 10.2. The lowest BCUT2D eigenvalue weighted by Gasteiger charge is -1.95. The van der Waals surface area contributed by atoms with Crippen LogP contribution in [0.1, 0.15) is 38.5 Å². The van der Waals surface area contributed by atoms with E-state index < -0.39 is 0 Å². The van der Waals surface area contributed by atoms with Crippen molar-refractivity contribution >= 4 is 0 Å². The highest BCUT2D eigenvalue weighted by molar-refractivity contribution is 4.85. The van der Waals surface area contributed by atoms with E-state index in [-0.39, 0.29) is 0 Å². The number of hydrogen-bond donors (Lipinski definition) is 0. The number of ether oxygens (including phenoxy) is 1. The fourth-order valence-electron chi connectivity index (χ4n) is 1.34. The van der Waals surface area contributed by atoms with Gasteiger partial charge in [0.1, 0.15) is 0 Å². The molecular formula is C16H26O. The summed E-state index contributed by atoms with van der Waals surface area (Å²) in [6.07, 6.45) is 19.3. The molecule has 0 aromatic heterocycles. The maximum absolute atomic E-state index is 5.43. The van der Waals surface area contributed by atoms with E-state index in [1.807, 2.05) is 12.2 Å². The van der Waals surface area contributed by atoms with Crippen LogP contribution >= 0.6 is 0 Å². The van der Waals surface area contributed by atoms with Crippen molar-refractivity contribution in [3.8, 4) is 0 Å². The third-order valence-corrected chi connectivity index (χ3v) is 2.32. The minimum absolute atomic E-state index is 0.713. The van der Waals surface area contributed by atoms with Crippen LogP contribution < -0.4 is 0 Å². The summed E-state index contributed by atoms with van der Waals surface area (Å²) in [6.45, 7) is 8.81. The predicted octanol–water partition coefficient (Wildman–Crippen LogP) is 4.83. The van der Waals surface area contributed by atoms with E-state index in [1.165, 1.54) is 12.8 Å². The molecule has 17 heavy (non-hydrogen) atoms. The summed E-state index contributed by atoms with van der Waals surface area (Å²) in [7, 11) is 0. The Balaban J connectivity index is 3.16. The second-order valence-corrected chi connectivity index (χ2v) is 3.92. The Morgan fingerprint density at radius 1 is 0.647 bits per heavy atom. The highest BCUT2D eigenvalue weighted by atomic mass is 16.5. The summed E-state index contributed by atoms with van der Waals surface area (Å²) in [5, 5.41) is 0. The maximum Gasteiger partial charge on any atom is 0.0651 e. The first-order valence-corrected chi connectivity index (χ1v) is 6.51. The second kappa shape index (κ2) is 14.9. The largest absolute Gasteiger partial charge is 0.373 e. The molecule has 96 valence electrons. The second-order valence-electron chi connectivity index (χ2n) is 3.92. The number of allylic oxidation sites excluding steroid dienone is 4. The van der Waals surface area contributed by atoms with Crippen LogP contribution in [-0.2, 0) is 4.74 Å². The Labute approximate surface area is 107 Å². The first-order chi connectivity index (χ1) is 8.41. The van der Waals surface area contributed by atoms with Crippen LogP contribution in [0.4, 0.5) is 0 Å². The lowest BCUT2D eigenvalue weighted by molar-refractivity contribution is 0.193. The molecule has 0 fully saturated rings. The molecule has 1 nitrogen and oxygen atoms in total. The Hall–Kier alpha value is -1.08. The SMILES string of the molecule is C=CCCC/C=C/COC/C=C/CCCC=C. The lowest BCUT2D eigenvalue weighted by Crippen LogP contribution is -1.90. The molecule has 0 amide bonds. The Kier molecular flexibility index (Phi) is 14.0.